The highest BCUT2D eigenvalue weighted by Gasteiger charge is 2.13. The number of nitrogens with zero attached hydrogens (tertiary/aromatic N) is 3. The molecule has 2 aromatic heterocycles. The van der Waals surface area contributed by atoms with Crippen molar-refractivity contribution >= 4 is 11.3 Å². The summed E-state index contributed by atoms with van der Waals surface area (Å²) in [5, 5.41) is 10.4. The van der Waals surface area contributed by atoms with Crippen LogP contribution in [0.2, 0.25) is 0 Å². The van der Waals surface area contributed by atoms with Gasteiger partial charge in [-0.1, -0.05) is 29.8 Å². The predicted molar refractivity (Wildman–Crippen MR) is 93.1 cm³/mol. The molecule has 0 aliphatic heterocycles. The fourth-order valence-electron chi connectivity index (χ4n) is 2.39. The van der Waals surface area contributed by atoms with Gasteiger partial charge in [-0.2, -0.15) is 0 Å². The summed E-state index contributed by atoms with van der Waals surface area (Å²) in [5.41, 5.74) is 2.13. The van der Waals surface area contributed by atoms with E-state index < -0.39 is 0 Å². The third-order valence-electron chi connectivity index (χ3n) is 3.44. The van der Waals surface area contributed by atoms with E-state index in [1.54, 1.807) is 11.3 Å². The van der Waals surface area contributed by atoms with Crippen LogP contribution in [0.5, 0.6) is 0 Å². The van der Waals surface area contributed by atoms with Gasteiger partial charge in [0.15, 0.2) is 0 Å². The molecular weight excluding hydrogens is 306 g/mol. The molecule has 0 saturated heterocycles. The van der Waals surface area contributed by atoms with Crippen LogP contribution in [0, 0.1) is 6.92 Å². The van der Waals surface area contributed by atoms with Crippen molar-refractivity contribution in [1.29, 1.82) is 0 Å². The molecule has 5 heteroatoms. The second-order valence-corrected chi connectivity index (χ2v) is 6.44. The molecule has 0 atom stereocenters. The van der Waals surface area contributed by atoms with Crippen LogP contribution in [-0.2, 0) is 13.1 Å². The van der Waals surface area contributed by atoms with Gasteiger partial charge < -0.3 is 4.42 Å². The first-order valence-electron chi connectivity index (χ1n) is 7.49. The minimum atomic E-state index is 0.568. The first kappa shape index (κ1) is 15.6. The molecule has 0 bridgehead atoms. The van der Waals surface area contributed by atoms with E-state index in [2.05, 4.69) is 39.2 Å². The quantitative estimate of drug-likeness (QED) is 0.608. The zero-order valence-corrected chi connectivity index (χ0v) is 13.9. The van der Waals surface area contributed by atoms with Crippen LogP contribution in [0.3, 0.4) is 0 Å². The minimum absolute atomic E-state index is 0.568. The average Bonchev–Trinajstić information content (AvgIpc) is 3.19. The predicted octanol–water partition coefficient (Wildman–Crippen LogP) is 4.29. The van der Waals surface area contributed by atoms with E-state index in [0.717, 1.165) is 18.7 Å². The Hall–Kier alpha value is -2.24. The van der Waals surface area contributed by atoms with Gasteiger partial charge in [0.2, 0.25) is 11.8 Å². The molecule has 4 nitrogen and oxygen atoms in total. The molecule has 0 N–H and O–H groups in total. The van der Waals surface area contributed by atoms with Gasteiger partial charge in [-0.25, -0.2) is 0 Å². The topological polar surface area (TPSA) is 42.2 Å². The Morgan fingerprint density at radius 3 is 2.87 bits per heavy atom. The summed E-state index contributed by atoms with van der Waals surface area (Å²) in [6.07, 6.45) is 1.89. The molecule has 0 saturated carbocycles. The van der Waals surface area contributed by atoms with Crippen molar-refractivity contribution in [2.45, 2.75) is 20.0 Å². The Morgan fingerprint density at radius 1 is 1.22 bits per heavy atom. The first-order valence-corrected chi connectivity index (χ1v) is 8.37. The monoisotopic (exact) mass is 325 g/mol. The van der Waals surface area contributed by atoms with Crippen molar-refractivity contribution in [2.24, 2.45) is 0 Å². The Balaban J connectivity index is 1.72. The molecule has 0 aliphatic carbocycles. The second kappa shape index (κ2) is 7.35. The lowest BCUT2D eigenvalue weighted by molar-refractivity contribution is 0.258. The van der Waals surface area contributed by atoms with Gasteiger partial charge in [0.25, 0.3) is 0 Å². The van der Waals surface area contributed by atoms with Crippen molar-refractivity contribution in [3.8, 4) is 11.5 Å². The molecule has 3 aromatic rings. The van der Waals surface area contributed by atoms with Gasteiger partial charge >= 0.3 is 0 Å². The van der Waals surface area contributed by atoms with E-state index in [1.165, 1.54) is 10.4 Å². The second-order valence-electron chi connectivity index (χ2n) is 5.41. The number of aromatic nitrogens is 2. The molecule has 1 aromatic carbocycles. The molecule has 0 radical (unpaired) electrons. The molecule has 2 heterocycles. The Kier molecular flexibility index (Phi) is 5.00. The number of hydrogen-bond acceptors (Lipinski definition) is 5. The van der Waals surface area contributed by atoms with E-state index in [1.807, 2.05) is 37.3 Å². The maximum atomic E-state index is 5.83. The average molecular weight is 325 g/mol. The lowest BCUT2D eigenvalue weighted by atomic mass is 10.1. The summed E-state index contributed by atoms with van der Waals surface area (Å²) in [5.74, 6) is 1.19. The third kappa shape index (κ3) is 4.15. The van der Waals surface area contributed by atoms with Crippen LogP contribution in [0.15, 0.2) is 58.9 Å². The van der Waals surface area contributed by atoms with Gasteiger partial charge in [0.1, 0.15) is 0 Å². The van der Waals surface area contributed by atoms with Gasteiger partial charge in [-0.3, -0.25) is 4.90 Å². The normalized spacial score (nSPS) is 11.0. The highest BCUT2D eigenvalue weighted by Crippen LogP contribution is 2.20. The van der Waals surface area contributed by atoms with E-state index >= 15 is 0 Å². The molecule has 0 amide bonds. The minimum Gasteiger partial charge on any atom is -0.419 e. The third-order valence-corrected chi connectivity index (χ3v) is 4.30. The van der Waals surface area contributed by atoms with Crippen molar-refractivity contribution in [3.05, 3.63) is 70.8 Å². The highest BCUT2D eigenvalue weighted by molar-refractivity contribution is 7.09. The molecule has 0 aliphatic rings. The number of rotatable bonds is 7. The summed E-state index contributed by atoms with van der Waals surface area (Å²) >= 11 is 1.75. The van der Waals surface area contributed by atoms with Crippen LogP contribution in [0.1, 0.15) is 16.3 Å². The molecular formula is C18H19N3OS. The molecule has 0 unspecified atom stereocenters. The molecule has 118 valence electrons. The van der Waals surface area contributed by atoms with Crippen molar-refractivity contribution in [1.82, 2.24) is 15.1 Å². The SMILES string of the molecule is C=CCN(Cc1nnc(-c2cccc(C)c2)o1)Cc1cccs1. The van der Waals surface area contributed by atoms with Crippen LogP contribution in [0.4, 0.5) is 0 Å². The Labute approximate surface area is 140 Å². The Bertz CT molecular complexity index is 764. The molecule has 0 spiro atoms. The van der Waals surface area contributed by atoms with E-state index in [-0.39, 0.29) is 0 Å². The van der Waals surface area contributed by atoms with Crippen LogP contribution < -0.4 is 0 Å². The zero-order valence-electron chi connectivity index (χ0n) is 13.1. The maximum absolute atomic E-state index is 5.83. The van der Waals surface area contributed by atoms with E-state index in [9.17, 15) is 0 Å². The number of hydrogen-bond donors (Lipinski definition) is 0. The summed E-state index contributed by atoms with van der Waals surface area (Å²) < 4.78 is 5.83. The summed E-state index contributed by atoms with van der Waals surface area (Å²) in [4.78, 5) is 3.54. The van der Waals surface area contributed by atoms with E-state index in [0.29, 0.717) is 18.3 Å². The van der Waals surface area contributed by atoms with E-state index in [4.69, 9.17) is 4.42 Å². The number of thiophene rings is 1. The van der Waals surface area contributed by atoms with Crippen molar-refractivity contribution < 1.29 is 4.42 Å². The lowest BCUT2D eigenvalue weighted by Gasteiger charge is -2.17. The van der Waals surface area contributed by atoms with Gasteiger partial charge in [-0.15, -0.1) is 28.1 Å². The number of aryl methyl sites for hydroxylation is 1. The highest BCUT2D eigenvalue weighted by atomic mass is 32.1. The Morgan fingerprint density at radius 2 is 2.13 bits per heavy atom. The van der Waals surface area contributed by atoms with Crippen LogP contribution >= 0.6 is 11.3 Å². The van der Waals surface area contributed by atoms with Gasteiger partial charge in [0.05, 0.1) is 6.54 Å². The van der Waals surface area contributed by atoms with Gasteiger partial charge in [-0.05, 0) is 30.5 Å². The van der Waals surface area contributed by atoms with Gasteiger partial charge in [0, 0.05) is 23.5 Å². The molecule has 3 rings (SSSR count). The van der Waals surface area contributed by atoms with Crippen LogP contribution in [-0.4, -0.2) is 21.6 Å². The summed E-state index contributed by atoms with van der Waals surface area (Å²) in [7, 11) is 0. The van der Waals surface area contributed by atoms with Crippen LogP contribution in [0.25, 0.3) is 11.5 Å². The molecule has 23 heavy (non-hydrogen) atoms. The summed E-state index contributed by atoms with van der Waals surface area (Å²) in [6, 6.07) is 12.3. The first-order chi connectivity index (χ1) is 11.2. The standard InChI is InChI=1S/C18H19N3OS/c1-3-9-21(12-16-8-5-10-23-16)13-17-19-20-18(22-17)15-7-4-6-14(2)11-15/h3-8,10-11H,1,9,12-13H2,2H3. The zero-order chi connectivity index (χ0) is 16.1. The fourth-order valence-corrected chi connectivity index (χ4v) is 3.14. The number of benzene rings is 1. The fraction of sp³-hybridized carbons (Fsp3) is 0.222. The maximum Gasteiger partial charge on any atom is 0.247 e. The van der Waals surface area contributed by atoms with Crippen molar-refractivity contribution in [2.75, 3.05) is 6.54 Å². The smallest absolute Gasteiger partial charge is 0.247 e. The van der Waals surface area contributed by atoms with Crippen molar-refractivity contribution in [3.63, 3.8) is 0 Å². The summed E-state index contributed by atoms with van der Waals surface area (Å²) in [6.45, 7) is 8.12. The molecule has 0 fully saturated rings. The lowest BCUT2D eigenvalue weighted by Crippen LogP contribution is -2.22. The largest absolute Gasteiger partial charge is 0.419 e.